The van der Waals surface area contributed by atoms with Gasteiger partial charge in [0.15, 0.2) is 11.5 Å². The number of hydrogen-bond donors (Lipinski definition) is 1. The van der Waals surface area contributed by atoms with Crippen molar-refractivity contribution in [2.45, 2.75) is 4.83 Å². The first-order chi connectivity index (χ1) is 11.1. The van der Waals surface area contributed by atoms with Crippen molar-refractivity contribution >= 4 is 40.0 Å². The van der Waals surface area contributed by atoms with Crippen molar-refractivity contribution in [2.75, 3.05) is 21.3 Å². The predicted octanol–water partition coefficient (Wildman–Crippen LogP) is 1.37. The van der Waals surface area contributed by atoms with Gasteiger partial charge < -0.3 is 14.2 Å². The number of carbonyl (C=O) groups excluding carboxylic acids is 1. The molecule has 2 rings (SSSR count). The monoisotopic (exact) mass is 382 g/mol. The molecule has 122 valence electrons. The third kappa shape index (κ3) is 3.86. The van der Waals surface area contributed by atoms with E-state index < -0.39 is 4.83 Å². The molecule has 0 aliphatic carbocycles. The summed E-state index contributed by atoms with van der Waals surface area (Å²) in [6, 6.07) is 3.47. The first-order valence-electron chi connectivity index (χ1n) is 6.48. The minimum absolute atomic E-state index is 0.297. The van der Waals surface area contributed by atoms with Crippen LogP contribution in [0.1, 0.15) is 5.56 Å². The largest absolute Gasteiger partial charge is 0.493 e. The van der Waals surface area contributed by atoms with Crippen LogP contribution in [0.15, 0.2) is 27.4 Å². The van der Waals surface area contributed by atoms with Crippen LogP contribution < -0.4 is 19.6 Å². The Hall–Kier alpha value is -2.42. The smallest absolute Gasteiger partial charge is 0.260 e. The number of benzene rings is 1. The van der Waals surface area contributed by atoms with E-state index in [1.54, 1.807) is 12.1 Å². The summed E-state index contributed by atoms with van der Waals surface area (Å²) in [5.74, 6) is 1.22. The fourth-order valence-electron chi connectivity index (χ4n) is 1.83. The van der Waals surface area contributed by atoms with E-state index >= 15 is 0 Å². The molecule has 1 aromatic rings. The Balaban J connectivity index is 2.27. The van der Waals surface area contributed by atoms with Crippen molar-refractivity contribution in [1.29, 1.82) is 0 Å². The lowest BCUT2D eigenvalue weighted by Gasteiger charge is -2.12. The topological polar surface area (TPSA) is 93.9 Å². The summed E-state index contributed by atoms with van der Waals surface area (Å²) in [4.78, 5) is 10.8. The van der Waals surface area contributed by atoms with E-state index in [0.717, 1.165) is 0 Å². The molecular weight excluding hydrogens is 368 g/mol. The Kier molecular flexibility index (Phi) is 5.69. The number of hydrazone groups is 1. The van der Waals surface area contributed by atoms with Crippen LogP contribution in [-0.2, 0) is 4.79 Å². The molecule has 1 N–H and O–H groups in total. The van der Waals surface area contributed by atoms with Gasteiger partial charge in [0.25, 0.3) is 5.91 Å². The Morgan fingerprint density at radius 3 is 2.43 bits per heavy atom. The SMILES string of the molecule is COc1cc(/C=N\N=C2\C=NNC(=O)C2Br)cc(OC)c1OC. The van der Waals surface area contributed by atoms with Gasteiger partial charge in [0, 0.05) is 5.56 Å². The van der Waals surface area contributed by atoms with E-state index in [-0.39, 0.29) is 5.91 Å². The highest BCUT2D eigenvalue weighted by atomic mass is 79.9. The summed E-state index contributed by atoms with van der Waals surface area (Å²) in [5.41, 5.74) is 3.42. The molecule has 1 aliphatic heterocycles. The quantitative estimate of drug-likeness (QED) is 0.472. The van der Waals surface area contributed by atoms with Crippen LogP contribution in [0.4, 0.5) is 0 Å². The number of methoxy groups -OCH3 is 3. The van der Waals surface area contributed by atoms with Crippen LogP contribution in [0.2, 0.25) is 0 Å². The highest BCUT2D eigenvalue weighted by Gasteiger charge is 2.23. The molecule has 1 unspecified atom stereocenters. The molecule has 1 heterocycles. The zero-order chi connectivity index (χ0) is 16.8. The summed E-state index contributed by atoms with van der Waals surface area (Å²) in [6.07, 6.45) is 2.94. The molecule has 1 atom stereocenters. The van der Waals surface area contributed by atoms with Crippen molar-refractivity contribution < 1.29 is 19.0 Å². The predicted molar refractivity (Wildman–Crippen MR) is 90.5 cm³/mol. The number of ether oxygens (including phenoxy) is 3. The second-order valence-electron chi connectivity index (χ2n) is 4.32. The number of rotatable bonds is 5. The second-order valence-corrected chi connectivity index (χ2v) is 5.24. The van der Waals surface area contributed by atoms with Gasteiger partial charge >= 0.3 is 0 Å². The molecule has 0 saturated heterocycles. The minimum atomic E-state index is -0.586. The molecule has 0 radical (unpaired) electrons. The molecule has 1 amide bonds. The van der Waals surface area contributed by atoms with Crippen LogP contribution in [0.3, 0.4) is 0 Å². The van der Waals surface area contributed by atoms with Crippen molar-refractivity contribution in [3.05, 3.63) is 17.7 Å². The summed E-state index contributed by atoms with van der Waals surface area (Å²) >= 11 is 3.21. The number of carbonyl (C=O) groups is 1. The lowest BCUT2D eigenvalue weighted by Crippen LogP contribution is -2.38. The molecule has 9 heteroatoms. The van der Waals surface area contributed by atoms with Gasteiger partial charge in [0.2, 0.25) is 5.75 Å². The van der Waals surface area contributed by atoms with Crippen LogP contribution in [-0.4, -0.2) is 50.2 Å². The van der Waals surface area contributed by atoms with Crippen LogP contribution in [0.5, 0.6) is 17.2 Å². The van der Waals surface area contributed by atoms with Gasteiger partial charge in [-0.2, -0.15) is 15.3 Å². The minimum Gasteiger partial charge on any atom is -0.493 e. The van der Waals surface area contributed by atoms with Gasteiger partial charge in [-0.05, 0) is 12.1 Å². The zero-order valence-electron chi connectivity index (χ0n) is 12.7. The number of nitrogens with one attached hydrogen (secondary N) is 1. The van der Waals surface area contributed by atoms with Crippen LogP contribution >= 0.6 is 15.9 Å². The average molecular weight is 383 g/mol. The van der Waals surface area contributed by atoms with E-state index in [1.165, 1.54) is 33.8 Å². The number of halogens is 1. The average Bonchev–Trinajstić information content (AvgIpc) is 2.57. The Bertz CT molecular complexity index is 662. The molecule has 23 heavy (non-hydrogen) atoms. The van der Waals surface area contributed by atoms with Crippen LogP contribution in [0, 0.1) is 0 Å². The normalized spacial score (nSPS) is 19.0. The number of hydrogen-bond acceptors (Lipinski definition) is 7. The summed E-state index contributed by atoms with van der Waals surface area (Å²) < 4.78 is 15.8. The summed E-state index contributed by atoms with van der Waals surface area (Å²) in [6.45, 7) is 0. The maximum Gasteiger partial charge on any atom is 0.260 e. The van der Waals surface area contributed by atoms with Crippen molar-refractivity contribution in [3.63, 3.8) is 0 Å². The maximum absolute atomic E-state index is 11.4. The van der Waals surface area contributed by atoms with Crippen molar-refractivity contribution in [1.82, 2.24) is 5.43 Å². The molecule has 0 fully saturated rings. The molecule has 8 nitrogen and oxygen atoms in total. The van der Waals surface area contributed by atoms with Gasteiger partial charge in [-0.1, -0.05) is 15.9 Å². The first kappa shape index (κ1) is 16.9. The molecule has 0 bridgehead atoms. The third-order valence-electron chi connectivity index (χ3n) is 2.93. The lowest BCUT2D eigenvalue weighted by atomic mass is 10.2. The van der Waals surface area contributed by atoms with E-state index in [9.17, 15) is 4.79 Å². The first-order valence-corrected chi connectivity index (χ1v) is 7.40. The Morgan fingerprint density at radius 2 is 1.87 bits per heavy atom. The zero-order valence-corrected chi connectivity index (χ0v) is 14.3. The molecule has 0 saturated carbocycles. The van der Waals surface area contributed by atoms with Crippen molar-refractivity contribution in [3.8, 4) is 17.2 Å². The molecular formula is C14H15BrN4O4. The van der Waals surface area contributed by atoms with E-state index in [4.69, 9.17) is 14.2 Å². The fraction of sp³-hybridized carbons (Fsp3) is 0.286. The molecule has 1 aromatic carbocycles. The van der Waals surface area contributed by atoms with Crippen LogP contribution in [0.25, 0.3) is 0 Å². The Labute approximate surface area is 141 Å². The molecule has 0 spiro atoms. The Morgan fingerprint density at radius 1 is 1.22 bits per heavy atom. The summed E-state index contributed by atoms with van der Waals surface area (Å²) in [7, 11) is 4.60. The standard InChI is InChI=1S/C14H15BrN4O4/c1-21-10-4-8(5-11(22-2)13(10)23-3)6-16-18-9-7-17-19-14(20)12(9)15/h4-7,12H,1-3H3,(H,19,20)/b16-6-,18-9-. The second kappa shape index (κ2) is 7.73. The highest BCUT2D eigenvalue weighted by molar-refractivity contribution is 9.10. The number of nitrogens with zero attached hydrogens (tertiary/aromatic N) is 3. The van der Waals surface area contributed by atoms with Gasteiger partial charge in [0.1, 0.15) is 10.5 Å². The fourth-order valence-corrected chi connectivity index (χ4v) is 2.15. The lowest BCUT2D eigenvalue weighted by molar-refractivity contribution is -0.119. The number of amides is 1. The molecule has 0 aromatic heterocycles. The van der Waals surface area contributed by atoms with Gasteiger partial charge in [-0.15, -0.1) is 0 Å². The van der Waals surface area contributed by atoms with E-state index in [1.807, 2.05) is 0 Å². The third-order valence-corrected chi connectivity index (χ3v) is 3.81. The number of alkyl halides is 1. The maximum atomic E-state index is 11.4. The van der Waals surface area contributed by atoms with Gasteiger partial charge in [-0.3, -0.25) is 4.79 Å². The van der Waals surface area contributed by atoms with E-state index in [0.29, 0.717) is 28.5 Å². The van der Waals surface area contributed by atoms with E-state index in [2.05, 4.69) is 36.7 Å². The summed E-state index contributed by atoms with van der Waals surface area (Å²) in [5, 5.41) is 11.6. The highest BCUT2D eigenvalue weighted by Crippen LogP contribution is 2.37. The van der Waals surface area contributed by atoms with Crippen molar-refractivity contribution in [2.24, 2.45) is 15.3 Å². The molecule has 1 aliphatic rings. The van der Waals surface area contributed by atoms with Gasteiger partial charge in [0.05, 0.1) is 33.8 Å². The van der Waals surface area contributed by atoms with Gasteiger partial charge in [-0.25, -0.2) is 5.43 Å².